The summed E-state index contributed by atoms with van der Waals surface area (Å²) < 4.78 is 9.39. The number of nitrogens with zero attached hydrogens (tertiary/aromatic N) is 5. The topological polar surface area (TPSA) is 85.7 Å². The van der Waals surface area contributed by atoms with Crippen LogP contribution in [0.5, 0.6) is 0 Å². The van der Waals surface area contributed by atoms with Gasteiger partial charge < -0.3 is 4.74 Å². The maximum atomic E-state index is 14.0. The SMILES string of the molecule is CCOC(=O)c1c(Cn2nc(C)c(-c3ccc(C#N)c(Cl)c3)c2C)cnn1C(c1ccccc1)(c1ccccc1)c1ccccc1. The smallest absolute Gasteiger partial charge is 0.357 e. The molecule has 6 rings (SSSR count). The molecular formula is C38H32ClN5O2. The number of benzene rings is 4. The van der Waals surface area contributed by atoms with Gasteiger partial charge in [0.1, 0.15) is 11.6 Å². The van der Waals surface area contributed by atoms with Gasteiger partial charge in [-0.1, -0.05) is 109 Å². The number of hydrogen-bond donors (Lipinski definition) is 0. The molecule has 7 nitrogen and oxygen atoms in total. The molecule has 0 amide bonds. The van der Waals surface area contributed by atoms with Crippen molar-refractivity contribution in [3.05, 3.63) is 165 Å². The number of esters is 1. The van der Waals surface area contributed by atoms with E-state index >= 15 is 0 Å². The Morgan fingerprint density at radius 1 is 0.891 bits per heavy atom. The van der Waals surface area contributed by atoms with E-state index in [1.54, 1.807) is 25.3 Å². The second-order valence-electron chi connectivity index (χ2n) is 11.0. The van der Waals surface area contributed by atoms with Crippen molar-refractivity contribution < 1.29 is 9.53 Å². The first-order valence-electron chi connectivity index (χ1n) is 15.0. The summed E-state index contributed by atoms with van der Waals surface area (Å²) in [6.45, 7) is 6.21. The first-order valence-corrected chi connectivity index (χ1v) is 15.4. The van der Waals surface area contributed by atoms with Gasteiger partial charge in [0, 0.05) is 16.8 Å². The Kier molecular flexibility index (Phi) is 8.56. The predicted octanol–water partition coefficient (Wildman–Crippen LogP) is 7.95. The molecule has 46 heavy (non-hydrogen) atoms. The third kappa shape index (κ3) is 5.27. The normalized spacial score (nSPS) is 11.3. The molecule has 6 aromatic rings. The summed E-state index contributed by atoms with van der Waals surface area (Å²) in [5.41, 5.74) is 6.73. The monoisotopic (exact) mass is 625 g/mol. The molecule has 2 aromatic heterocycles. The third-order valence-electron chi connectivity index (χ3n) is 8.29. The molecule has 0 spiro atoms. The lowest BCUT2D eigenvalue weighted by atomic mass is 9.77. The average Bonchev–Trinajstić information content (AvgIpc) is 3.62. The molecule has 0 aliphatic rings. The lowest BCUT2D eigenvalue weighted by molar-refractivity contribution is 0.0506. The maximum absolute atomic E-state index is 14.0. The van der Waals surface area contributed by atoms with E-state index in [0.717, 1.165) is 39.2 Å². The van der Waals surface area contributed by atoms with Crippen molar-refractivity contribution >= 4 is 17.6 Å². The van der Waals surface area contributed by atoms with E-state index in [4.69, 9.17) is 26.5 Å². The summed E-state index contributed by atoms with van der Waals surface area (Å²) >= 11 is 6.39. The van der Waals surface area contributed by atoms with Crippen LogP contribution in [0.25, 0.3) is 11.1 Å². The fourth-order valence-electron chi connectivity index (χ4n) is 6.27. The highest BCUT2D eigenvalue weighted by Crippen LogP contribution is 2.42. The van der Waals surface area contributed by atoms with Gasteiger partial charge in [-0.15, -0.1) is 0 Å². The molecule has 0 radical (unpaired) electrons. The van der Waals surface area contributed by atoms with Crippen LogP contribution in [0.15, 0.2) is 115 Å². The number of rotatable bonds is 9. The molecule has 0 N–H and O–H groups in total. The Hall–Kier alpha value is -5.45. The Labute approximate surface area is 273 Å². The number of nitriles is 1. The molecule has 0 aliphatic carbocycles. The van der Waals surface area contributed by atoms with Crippen LogP contribution >= 0.6 is 11.6 Å². The van der Waals surface area contributed by atoms with Crippen molar-refractivity contribution in [1.29, 1.82) is 5.26 Å². The van der Waals surface area contributed by atoms with Crippen molar-refractivity contribution in [3.8, 4) is 17.2 Å². The van der Waals surface area contributed by atoms with Crippen molar-refractivity contribution in [2.24, 2.45) is 0 Å². The zero-order valence-corrected chi connectivity index (χ0v) is 26.6. The van der Waals surface area contributed by atoms with Gasteiger partial charge in [0.2, 0.25) is 0 Å². The summed E-state index contributed by atoms with van der Waals surface area (Å²) in [5.74, 6) is -0.470. The number of carbonyl (C=O) groups is 1. The van der Waals surface area contributed by atoms with Gasteiger partial charge in [-0.05, 0) is 55.2 Å². The fourth-order valence-corrected chi connectivity index (χ4v) is 6.49. The van der Waals surface area contributed by atoms with Gasteiger partial charge >= 0.3 is 5.97 Å². The number of ether oxygens (including phenoxy) is 1. The van der Waals surface area contributed by atoms with Gasteiger partial charge in [-0.3, -0.25) is 4.68 Å². The van der Waals surface area contributed by atoms with E-state index < -0.39 is 11.5 Å². The largest absolute Gasteiger partial charge is 0.461 e. The minimum absolute atomic E-state index is 0.210. The molecule has 0 aliphatic heterocycles. The maximum Gasteiger partial charge on any atom is 0.357 e. The Morgan fingerprint density at radius 2 is 1.46 bits per heavy atom. The summed E-state index contributed by atoms with van der Waals surface area (Å²) in [4.78, 5) is 14.0. The van der Waals surface area contributed by atoms with Gasteiger partial charge in [-0.2, -0.15) is 15.5 Å². The molecule has 0 fully saturated rings. The first kappa shape index (κ1) is 30.6. The molecule has 0 bridgehead atoms. The zero-order chi connectivity index (χ0) is 32.3. The average molecular weight is 626 g/mol. The van der Waals surface area contributed by atoms with E-state index in [1.807, 2.05) is 83.9 Å². The molecule has 0 atom stereocenters. The van der Waals surface area contributed by atoms with E-state index in [0.29, 0.717) is 21.8 Å². The van der Waals surface area contributed by atoms with Crippen LogP contribution in [-0.2, 0) is 16.8 Å². The van der Waals surface area contributed by atoms with E-state index in [1.165, 1.54) is 0 Å². The third-order valence-corrected chi connectivity index (χ3v) is 8.60. The summed E-state index contributed by atoms with van der Waals surface area (Å²) in [7, 11) is 0. The minimum Gasteiger partial charge on any atom is -0.461 e. The molecule has 0 saturated heterocycles. The van der Waals surface area contributed by atoms with Crippen molar-refractivity contribution in [2.75, 3.05) is 6.61 Å². The summed E-state index contributed by atoms with van der Waals surface area (Å²) in [5, 5.41) is 19.6. The van der Waals surface area contributed by atoms with Crippen LogP contribution in [0.3, 0.4) is 0 Å². The number of aryl methyl sites for hydroxylation is 1. The highest BCUT2D eigenvalue weighted by Gasteiger charge is 2.43. The van der Waals surface area contributed by atoms with Crippen LogP contribution in [0.2, 0.25) is 5.02 Å². The van der Waals surface area contributed by atoms with Crippen molar-refractivity contribution in [2.45, 2.75) is 32.9 Å². The minimum atomic E-state index is -0.996. The van der Waals surface area contributed by atoms with Crippen molar-refractivity contribution in [3.63, 3.8) is 0 Å². The van der Waals surface area contributed by atoms with Crippen molar-refractivity contribution in [1.82, 2.24) is 19.6 Å². The number of aromatic nitrogens is 4. The lowest BCUT2D eigenvalue weighted by Gasteiger charge is -2.37. The van der Waals surface area contributed by atoms with Crippen LogP contribution < -0.4 is 0 Å². The molecule has 0 unspecified atom stereocenters. The highest BCUT2D eigenvalue weighted by atomic mass is 35.5. The number of halogens is 1. The predicted molar refractivity (Wildman–Crippen MR) is 179 cm³/mol. The summed E-state index contributed by atoms with van der Waals surface area (Å²) in [6, 6.07) is 37.8. The first-order chi connectivity index (χ1) is 22.4. The molecule has 4 aromatic carbocycles. The van der Waals surface area contributed by atoms with E-state index in [9.17, 15) is 10.1 Å². The van der Waals surface area contributed by atoms with Crippen LogP contribution in [0, 0.1) is 25.2 Å². The quantitative estimate of drug-likeness (QED) is 0.120. The Balaban J connectivity index is 1.57. The summed E-state index contributed by atoms with van der Waals surface area (Å²) in [6.07, 6.45) is 1.74. The van der Waals surface area contributed by atoms with E-state index in [2.05, 4.69) is 42.5 Å². The lowest BCUT2D eigenvalue weighted by Crippen LogP contribution is -2.41. The molecule has 8 heteroatoms. The Bertz CT molecular complexity index is 1950. The zero-order valence-electron chi connectivity index (χ0n) is 25.8. The second kappa shape index (κ2) is 12.9. The van der Waals surface area contributed by atoms with Crippen LogP contribution in [-0.4, -0.2) is 32.1 Å². The molecule has 0 saturated carbocycles. The molecular weight excluding hydrogens is 594 g/mol. The molecule has 2 heterocycles. The fraction of sp³-hybridized carbons (Fsp3) is 0.158. The second-order valence-corrected chi connectivity index (χ2v) is 11.4. The van der Waals surface area contributed by atoms with Crippen LogP contribution in [0.4, 0.5) is 0 Å². The van der Waals surface area contributed by atoms with Crippen LogP contribution in [0.1, 0.15) is 56.6 Å². The Morgan fingerprint density at radius 3 is 1.96 bits per heavy atom. The number of carbonyl (C=O) groups excluding carboxylic acids is 1. The van der Waals surface area contributed by atoms with Gasteiger partial charge in [0.05, 0.1) is 35.6 Å². The van der Waals surface area contributed by atoms with Gasteiger partial charge in [0.15, 0.2) is 5.69 Å². The van der Waals surface area contributed by atoms with Gasteiger partial charge in [-0.25, -0.2) is 9.48 Å². The highest BCUT2D eigenvalue weighted by molar-refractivity contribution is 6.32. The van der Waals surface area contributed by atoms with Gasteiger partial charge in [0.25, 0.3) is 0 Å². The van der Waals surface area contributed by atoms with E-state index in [-0.39, 0.29) is 13.2 Å². The number of hydrogen-bond acceptors (Lipinski definition) is 5. The molecule has 228 valence electrons. The standard InChI is InChI=1S/C38H32ClN5O2/c1-4-46-37(45)36-30(25-43-27(3)35(26(2)42-43)28-20-21-29(23-40)34(39)22-28)24-41-44(36)38(31-14-8-5-9-15-31,32-16-10-6-11-17-32)33-18-12-7-13-19-33/h5-22,24H,4,25H2,1-3H3.